The number of carbonyl (C=O) groups excluding carboxylic acids is 1. The number of para-hydroxylation sites is 1. The molecule has 0 radical (unpaired) electrons. The van der Waals surface area contributed by atoms with Gasteiger partial charge in [0.15, 0.2) is 5.65 Å². The highest BCUT2D eigenvalue weighted by Crippen LogP contribution is 2.31. The topological polar surface area (TPSA) is 88.0 Å². The Morgan fingerprint density at radius 1 is 1.21 bits per heavy atom. The van der Waals surface area contributed by atoms with E-state index in [1.165, 1.54) is 11.3 Å². The summed E-state index contributed by atoms with van der Waals surface area (Å²) in [6, 6.07) is 11.7. The smallest absolute Gasteiger partial charge is 0.258 e. The molecule has 4 aromatic rings. The minimum atomic E-state index is -0.383. The highest BCUT2D eigenvalue weighted by molar-refractivity contribution is 7.24. The van der Waals surface area contributed by atoms with E-state index >= 15 is 0 Å². The van der Waals surface area contributed by atoms with Crippen molar-refractivity contribution in [2.75, 3.05) is 44.2 Å². The maximum Gasteiger partial charge on any atom is 0.258 e. The summed E-state index contributed by atoms with van der Waals surface area (Å²) in [5.41, 5.74) is 1.39. The molecule has 1 saturated heterocycles. The molecule has 0 spiro atoms. The monoisotopic (exact) mass is 479 g/mol. The number of carbonyl (C=O) groups is 1. The maximum atomic E-state index is 13.6. The molecule has 0 saturated carbocycles. The minimum absolute atomic E-state index is 0.0813. The predicted octanol–water partition coefficient (Wildman–Crippen LogP) is 3.02. The second kappa shape index (κ2) is 9.69. The minimum Gasteiger partial charge on any atom is -0.377 e. The highest BCUT2D eigenvalue weighted by Gasteiger charge is 2.23. The van der Waals surface area contributed by atoms with Gasteiger partial charge in [-0.2, -0.15) is 0 Å². The number of pyridine rings is 2. The van der Waals surface area contributed by atoms with Gasteiger partial charge in [0.2, 0.25) is 5.43 Å². The number of thiazole rings is 1. The van der Waals surface area contributed by atoms with Gasteiger partial charge in [0.1, 0.15) is 16.2 Å². The van der Waals surface area contributed by atoms with Crippen molar-refractivity contribution in [3.05, 3.63) is 52.2 Å². The van der Waals surface area contributed by atoms with Crippen LogP contribution in [0.4, 0.5) is 5.82 Å². The van der Waals surface area contributed by atoms with E-state index < -0.39 is 0 Å². The molecule has 1 amide bonds. The third-order valence-electron chi connectivity index (χ3n) is 6.00. The van der Waals surface area contributed by atoms with Crippen LogP contribution in [0.1, 0.15) is 30.6 Å². The van der Waals surface area contributed by atoms with Gasteiger partial charge in [-0.3, -0.25) is 14.0 Å². The average Bonchev–Trinajstić information content (AvgIpc) is 3.00. The van der Waals surface area contributed by atoms with Crippen LogP contribution in [0.25, 0.3) is 26.1 Å². The van der Waals surface area contributed by atoms with Gasteiger partial charge < -0.3 is 20.3 Å². The number of nitrogens with zero attached hydrogens (tertiary/aromatic N) is 3. The molecule has 1 aromatic carbocycles. The molecule has 5 rings (SSSR count). The van der Waals surface area contributed by atoms with E-state index in [9.17, 15) is 9.59 Å². The quantitative estimate of drug-likeness (QED) is 0.414. The lowest BCUT2D eigenvalue weighted by Gasteiger charge is -2.21. The summed E-state index contributed by atoms with van der Waals surface area (Å²) >= 11 is 1.44. The zero-order chi connectivity index (χ0) is 23.7. The van der Waals surface area contributed by atoms with Crippen molar-refractivity contribution in [1.29, 1.82) is 0 Å². The summed E-state index contributed by atoms with van der Waals surface area (Å²) < 4.78 is 8.50. The zero-order valence-corrected chi connectivity index (χ0v) is 20.3. The van der Waals surface area contributed by atoms with E-state index in [1.54, 1.807) is 0 Å². The van der Waals surface area contributed by atoms with Crippen molar-refractivity contribution < 1.29 is 9.53 Å². The van der Waals surface area contributed by atoms with Crippen LogP contribution in [0.2, 0.25) is 0 Å². The van der Waals surface area contributed by atoms with Crippen LogP contribution in [0, 0.1) is 0 Å². The molecule has 0 bridgehead atoms. The lowest BCUT2D eigenvalue weighted by molar-refractivity contribution is 0.0747. The summed E-state index contributed by atoms with van der Waals surface area (Å²) in [6.45, 7) is 8.28. The van der Waals surface area contributed by atoms with Crippen LogP contribution >= 0.6 is 11.3 Å². The second-order valence-corrected chi connectivity index (χ2v) is 9.75. The Morgan fingerprint density at radius 3 is 2.91 bits per heavy atom. The maximum absolute atomic E-state index is 13.6. The molecule has 178 valence electrons. The summed E-state index contributed by atoms with van der Waals surface area (Å²) in [6.07, 6.45) is 1.12. The van der Waals surface area contributed by atoms with E-state index in [0.29, 0.717) is 29.0 Å². The lowest BCUT2D eigenvalue weighted by atomic mass is 10.1. The molecule has 2 N–H and O–H groups in total. The fourth-order valence-corrected chi connectivity index (χ4v) is 5.56. The van der Waals surface area contributed by atoms with Crippen molar-refractivity contribution in [1.82, 2.24) is 20.0 Å². The van der Waals surface area contributed by atoms with Gasteiger partial charge in [0.25, 0.3) is 5.91 Å². The van der Waals surface area contributed by atoms with Gasteiger partial charge in [-0.15, -0.1) is 11.3 Å². The number of nitrogens with one attached hydrogen (secondary N) is 2. The van der Waals surface area contributed by atoms with Crippen LogP contribution in [0.5, 0.6) is 0 Å². The molecule has 1 aliphatic rings. The van der Waals surface area contributed by atoms with Crippen LogP contribution in [-0.4, -0.2) is 60.7 Å². The molecule has 8 nitrogen and oxygen atoms in total. The zero-order valence-electron chi connectivity index (χ0n) is 19.5. The molecule has 0 unspecified atom stereocenters. The van der Waals surface area contributed by atoms with Crippen molar-refractivity contribution in [3.63, 3.8) is 0 Å². The first-order valence-electron chi connectivity index (χ1n) is 11.8. The summed E-state index contributed by atoms with van der Waals surface area (Å²) in [5, 5.41) is 6.72. The van der Waals surface area contributed by atoms with Gasteiger partial charge in [-0.25, -0.2) is 4.98 Å². The standard InChI is InChI=1S/C25H29N5O3S/c1-16(2)33-15-12-27-24(32)21-22(31)17-8-9-20(29-13-5-10-26-11-14-29)28-23(17)30-18-6-3-4-7-19(18)34-25(21)30/h3-4,6-9,16,26H,5,10-15H2,1-2H3,(H,27,32). The average molecular weight is 480 g/mol. The fraction of sp³-hybridized carbons (Fsp3) is 0.400. The number of rotatable bonds is 6. The summed E-state index contributed by atoms with van der Waals surface area (Å²) in [5.74, 6) is 0.466. The summed E-state index contributed by atoms with van der Waals surface area (Å²) in [4.78, 5) is 34.6. The molecular weight excluding hydrogens is 450 g/mol. The molecule has 34 heavy (non-hydrogen) atoms. The van der Waals surface area contributed by atoms with E-state index in [0.717, 1.165) is 48.6 Å². The highest BCUT2D eigenvalue weighted by atomic mass is 32.1. The van der Waals surface area contributed by atoms with Crippen molar-refractivity contribution in [2.45, 2.75) is 26.4 Å². The van der Waals surface area contributed by atoms with Crippen LogP contribution < -0.4 is 21.0 Å². The van der Waals surface area contributed by atoms with Crippen molar-refractivity contribution in [3.8, 4) is 0 Å². The first-order chi connectivity index (χ1) is 16.5. The number of anilines is 1. The molecule has 0 aliphatic carbocycles. The molecular formula is C25H29N5O3S. The van der Waals surface area contributed by atoms with Gasteiger partial charge in [-0.1, -0.05) is 12.1 Å². The Balaban J connectivity index is 1.66. The number of ether oxygens (including phenoxy) is 1. The Hall–Kier alpha value is -3.01. The fourth-order valence-electron chi connectivity index (χ4n) is 4.38. The van der Waals surface area contributed by atoms with E-state index in [2.05, 4.69) is 15.5 Å². The Morgan fingerprint density at radius 2 is 2.06 bits per heavy atom. The molecule has 4 heterocycles. The Bertz CT molecular complexity index is 1400. The second-order valence-electron chi connectivity index (χ2n) is 8.72. The van der Waals surface area contributed by atoms with Crippen LogP contribution in [-0.2, 0) is 4.74 Å². The normalized spacial score (nSPS) is 14.9. The van der Waals surface area contributed by atoms with Crippen molar-refractivity contribution in [2.24, 2.45) is 0 Å². The first kappa shape index (κ1) is 22.8. The SMILES string of the molecule is CC(C)OCCNC(=O)c1c(=O)c2ccc(N3CCCNCC3)nc2n2c1sc1ccccc12. The number of fused-ring (bicyclic) bond motifs is 5. The van der Waals surface area contributed by atoms with Crippen LogP contribution in [0.15, 0.2) is 41.2 Å². The predicted molar refractivity (Wildman–Crippen MR) is 137 cm³/mol. The summed E-state index contributed by atoms with van der Waals surface area (Å²) in [7, 11) is 0. The molecule has 0 atom stereocenters. The number of amides is 1. The number of aromatic nitrogens is 2. The van der Waals surface area contributed by atoms with Gasteiger partial charge in [0.05, 0.1) is 28.3 Å². The van der Waals surface area contributed by atoms with Gasteiger partial charge >= 0.3 is 0 Å². The largest absolute Gasteiger partial charge is 0.377 e. The Labute approximate surface area is 201 Å². The lowest BCUT2D eigenvalue weighted by Crippen LogP contribution is -2.32. The third-order valence-corrected chi connectivity index (χ3v) is 7.15. The van der Waals surface area contributed by atoms with Gasteiger partial charge in [-0.05, 0) is 51.1 Å². The van der Waals surface area contributed by atoms with Crippen molar-refractivity contribution >= 4 is 49.1 Å². The number of hydrogen-bond acceptors (Lipinski definition) is 7. The molecule has 1 fully saturated rings. The van der Waals surface area contributed by atoms with Gasteiger partial charge in [0, 0.05) is 26.2 Å². The first-order valence-corrected chi connectivity index (χ1v) is 12.6. The molecule has 1 aliphatic heterocycles. The molecule has 3 aromatic heterocycles. The number of hydrogen-bond donors (Lipinski definition) is 2. The molecule has 9 heteroatoms. The van der Waals surface area contributed by atoms with E-state index in [-0.39, 0.29) is 23.0 Å². The van der Waals surface area contributed by atoms with E-state index in [4.69, 9.17) is 9.72 Å². The number of benzene rings is 1. The van der Waals surface area contributed by atoms with Crippen LogP contribution in [0.3, 0.4) is 0 Å². The van der Waals surface area contributed by atoms with E-state index in [1.807, 2.05) is 54.6 Å². The third kappa shape index (κ3) is 4.26. The Kier molecular flexibility index (Phi) is 6.49.